The van der Waals surface area contributed by atoms with Gasteiger partial charge < -0.3 is 39.6 Å². The summed E-state index contributed by atoms with van der Waals surface area (Å²) in [7, 11) is 1.67. The van der Waals surface area contributed by atoms with Crippen LogP contribution in [0.25, 0.3) is 33.3 Å². The molecule has 8 rings (SSSR count). The van der Waals surface area contributed by atoms with Gasteiger partial charge >= 0.3 is 5.97 Å². The van der Waals surface area contributed by atoms with Crippen LogP contribution in [0.2, 0.25) is 0 Å². The van der Waals surface area contributed by atoms with Crippen molar-refractivity contribution in [3.8, 4) is 28.1 Å². The van der Waals surface area contributed by atoms with Gasteiger partial charge in [-0.25, -0.2) is 5.43 Å². The topological polar surface area (TPSA) is 198 Å². The van der Waals surface area contributed by atoms with Crippen molar-refractivity contribution in [3.63, 3.8) is 0 Å². The number of aromatic hydroxyl groups is 1. The van der Waals surface area contributed by atoms with Crippen LogP contribution in [0.15, 0.2) is 54.7 Å². The Balaban J connectivity index is 1.19. The lowest BCUT2D eigenvalue weighted by Crippen LogP contribution is -2.62. The quantitative estimate of drug-likeness (QED) is 0.126. The van der Waals surface area contributed by atoms with E-state index in [-0.39, 0.29) is 68.2 Å². The third-order valence-corrected chi connectivity index (χ3v) is 13.9. The molecule has 4 amide bonds. The first kappa shape index (κ1) is 48.6. The molecule has 364 valence electrons. The first-order valence-corrected chi connectivity index (χ1v) is 24.4. The van der Waals surface area contributed by atoms with Crippen LogP contribution in [0.3, 0.4) is 0 Å². The van der Waals surface area contributed by atoms with Crippen molar-refractivity contribution >= 4 is 40.5 Å². The van der Waals surface area contributed by atoms with Gasteiger partial charge in [0.15, 0.2) is 0 Å². The van der Waals surface area contributed by atoms with Crippen LogP contribution in [0.1, 0.15) is 96.6 Å². The number of aromatic nitrogens is 2. The monoisotopic (exact) mass is 933 g/mol. The number of ether oxygens (including phenoxy) is 2. The number of fused-ring (bicyclic) bond motifs is 6. The van der Waals surface area contributed by atoms with Gasteiger partial charge in [-0.3, -0.25) is 34.0 Å². The summed E-state index contributed by atoms with van der Waals surface area (Å²) >= 11 is 0. The fourth-order valence-corrected chi connectivity index (χ4v) is 10.3. The molecule has 0 radical (unpaired) electrons. The average Bonchev–Trinajstić information content (AvgIpc) is 4.12. The third kappa shape index (κ3) is 10.4. The number of pyridine rings is 1. The molecule has 6 heterocycles. The van der Waals surface area contributed by atoms with Gasteiger partial charge in [0, 0.05) is 87.3 Å². The standard InChI is InChI=1S/C52H68N8O8/c1-8-58-43-17-16-34-27-38(43)39(47(58)37-13-9-18-53-45(37)32(4)67-7)28-52(5,6)30-68-51(66)40-14-10-22-60(56-40)50(65)41(25-33-23-35(34)26-36(61)24-33)55-48(63)46(31(2)3)59-21-12-20-57(19-11-15-44(59)62)49(64)42-29-54-42/h9,13,16-18,23-24,26-27,31-32,40-42,46,54,56,61H,8,10-12,14-15,19-22,25,28-30H2,1-7H3,(H,55,63)/t32-,40-,41-,42-,46?/m0/s1. The van der Waals surface area contributed by atoms with Crippen molar-refractivity contribution in [2.24, 2.45) is 11.3 Å². The lowest BCUT2D eigenvalue weighted by Gasteiger charge is -2.37. The molecule has 4 aliphatic heterocycles. The van der Waals surface area contributed by atoms with Crippen LogP contribution < -0.4 is 16.1 Å². The maximum atomic E-state index is 14.8. The average molecular weight is 933 g/mol. The summed E-state index contributed by atoms with van der Waals surface area (Å²) in [6.07, 6.45) is 4.15. The molecule has 0 saturated carbocycles. The van der Waals surface area contributed by atoms with Gasteiger partial charge in [-0.15, -0.1) is 0 Å². The van der Waals surface area contributed by atoms with E-state index in [0.717, 1.165) is 44.5 Å². The molecule has 16 heteroatoms. The highest BCUT2D eigenvalue weighted by Gasteiger charge is 2.40. The molecule has 2 aromatic carbocycles. The molecular formula is C52H68N8O8. The second-order valence-electron chi connectivity index (χ2n) is 20.1. The predicted octanol–water partition coefficient (Wildman–Crippen LogP) is 5.29. The van der Waals surface area contributed by atoms with Gasteiger partial charge in [-0.2, -0.15) is 0 Å². The number of esters is 1. The third-order valence-electron chi connectivity index (χ3n) is 13.9. The number of amides is 4. The number of aryl methyl sites for hydroxylation is 1. The van der Waals surface area contributed by atoms with E-state index in [1.54, 1.807) is 30.3 Å². The molecule has 6 bridgehead atoms. The molecule has 2 aromatic heterocycles. The predicted molar refractivity (Wildman–Crippen MR) is 258 cm³/mol. The first-order chi connectivity index (χ1) is 32.6. The number of hydrazine groups is 1. The summed E-state index contributed by atoms with van der Waals surface area (Å²) in [5.41, 5.74) is 9.61. The number of benzene rings is 2. The molecule has 0 spiro atoms. The fraction of sp³-hybridized carbons (Fsp3) is 0.538. The van der Waals surface area contributed by atoms with Crippen LogP contribution in [-0.2, 0) is 52.8 Å². The number of carbonyl (C=O) groups excluding carboxylic acids is 5. The smallest absolute Gasteiger partial charge is 0.324 e. The van der Waals surface area contributed by atoms with Crippen molar-refractivity contribution < 1.29 is 38.6 Å². The van der Waals surface area contributed by atoms with Crippen molar-refractivity contribution in [3.05, 3.63) is 71.5 Å². The van der Waals surface area contributed by atoms with E-state index in [2.05, 4.69) is 59.6 Å². The number of hydrogen-bond acceptors (Lipinski definition) is 11. The molecule has 4 aromatic rings. The molecule has 3 saturated heterocycles. The van der Waals surface area contributed by atoms with Crippen molar-refractivity contribution in [1.82, 2.24) is 40.4 Å². The largest absolute Gasteiger partial charge is 0.508 e. The highest BCUT2D eigenvalue weighted by atomic mass is 16.5. The number of phenols is 1. The van der Waals surface area contributed by atoms with Crippen LogP contribution >= 0.6 is 0 Å². The highest BCUT2D eigenvalue weighted by molar-refractivity contribution is 5.96. The van der Waals surface area contributed by atoms with Gasteiger partial charge in [0.2, 0.25) is 17.7 Å². The Morgan fingerprint density at radius 3 is 2.51 bits per heavy atom. The molecule has 0 aliphatic carbocycles. The van der Waals surface area contributed by atoms with Gasteiger partial charge in [0.05, 0.1) is 30.1 Å². The molecule has 16 nitrogen and oxygen atoms in total. The second kappa shape index (κ2) is 20.4. The minimum Gasteiger partial charge on any atom is -0.508 e. The van der Waals surface area contributed by atoms with E-state index >= 15 is 0 Å². The van der Waals surface area contributed by atoms with Gasteiger partial charge in [-0.05, 0) is 111 Å². The highest BCUT2D eigenvalue weighted by Crippen LogP contribution is 2.42. The summed E-state index contributed by atoms with van der Waals surface area (Å²) < 4.78 is 14.2. The molecule has 4 N–H and O–H groups in total. The summed E-state index contributed by atoms with van der Waals surface area (Å²) in [4.78, 5) is 78.6. The zero-order chi connectivity index (χ0) is 48.4. The Morgan fingerprint density at radius 1 is 1.00 bits per heavy atom. The molecular weight excluding hydrogens is 865 g/mol. The Morgan fingerprint density at radius 2 is 1.78 bits per heavy atom. The van der Waals surface area contributed by atoms with E-state index in [1.165, 1.54) is 5.01 Å². The van der Waals surface area contributed by atoms with Gasteiger partial charge in [0.25, 0.3) is 5.91 Å². The van der Waals surface area contributed by atoms with Crippen LogP contribution in [0.4, 0.5) is 0 Å². The Labute approximate surface area is 399 Å². The van der Waals surface area contributed by atoms with E-state index in [0.29, 0.717) is 63.8 Å². The number of phenolic OH excluding ortho intramolecular Hbond substituents is 1. The molecule has 1 unspecified atom stereocenters. The molecule has 4 aliphatic rings. The number of cyclic esters (lactones) is 1. The van der Waals surface area contributed by atoms with Gasteiger partial charge in [-0.1, -0.05) is 39.8 Å². The Bertz CT molecular complexity index is 2550. The summed E-state index contributed by atoms with van der Waals surface area (Å²) in [5.74, 6) is -1.88. The maximum Gasteiger partial charge on any atom is 0.324 e. The van der Waals surface area contributed by atoms with E-state index < -0.39 is 41.3 Å². The summed E-state index contributed by atoms with van der Waals surface area (Å²) in [5, 5.41) is 19.9. The zero-order valence-electron chi connectivity index (χ0n) is 40.6. The van der Waals surface area contributed by atoms with Crippen molar-refractivity contribution in [2.75, 3.05) is 46.4 Å². The van der Waals surface area contributed by atoms with Crippen LogP contribution in [0.5, 0.6) is 5.75 Å². The van der Waals surface area contributed by atoms with Crippen molar-refractivity contribution in [1.29, 1.82) is 0 Å². The zero-order valence-corrected chi connectivity index (χ0v) is 40.6. The number of nitrogens with one attached hydrogen (secondary N) is 3. The number of methoxy groups -OCH3 is 1. The minimum atomic E-state index is -1.15. The molecule has 68 heavy (non-hydrogen) atoms. The van der Waals surface area contributed by atoms with Gasteiger partial charge in [0.1, 0.15) is 23.9 Å². The Hall–Kier alpha value is -5.84. The first-order valence-electron chi connectivity index (χ1n) is 24.4. The number of carbonyl (C=O) groups is 5. The number of hydrogen-bond donors (Lipinski definition) is 4. The minimum absolute atomic E-state index is 0.00231. The molecule has 5 atom stereocenters. The van der Waals surface area contributed by atoms with E-state index in [4.69, 9.17) is 14.5 Å². The van der Waals surface area contributed by atoms with Crippen molar-refractivity contribution in [2.45, 2.75) is 123 Å². The lowest BCUT2D eigenvalue weighted by molar-refractivity contribution is -0.155. The van der Waals surface area contributed by atoms with E-state index in [9.17, 15) is 29.1 Å². The summed E-state index contributed by atoms with van der Waals surface area (Å²) in [6, 6.07) is 12.5. The normalized spacial score (nSPS) is 22.4. The van der Waals surface area contributed by atoms with Crippen LogP contribution in [0, 0.1) is 11.3 Å². The lowest BCUT2D eigenvalue weighted by atomic mass is 9.84. The maximum absolute atomic E-state index is 14.8. The summed E-state index contributed by atoms with van der Waals surface area (Å²) in [6.45, 7) is 14.9. The number of nitrogens with zero attached hydrogens (tertiary/aromatic N) is 5. The van der Waals surface area contributed by atoms with Crippen LogP contribution in [-0.4, -0.2) is 130 Å². The SMILES string of the molecule is CCn1c(-c2cccnc2[C@H](C)OC)c2c3cc(ccc31)-c1cc(O)cc(c1)C[C@H](NC(=O)C(C(C)C)N1CCCN(C(=O)[C@@H]3CN3)CCCC1=O)C(=O)N1CCC[C@H](N1)C(=O)OCC(C)(C)C2. The molecule has 3 fully saturated rings. The second-order valence-corrected chi connectivity index (χ2v) is 20.1. The van der Waals surface area contributed by atoms with E-state index in [1.807, 2.05) is 43.9 Å². The fourth-order valence-electron chi connectivity index (χ4n) is 10.3. The Kier molecular flexibility index (Phi) is 14.6. The number of rotatable bonds is 9.